The van der Waals surface area contributed by atoms with Crippen molar-refractivity contribution >= 4 is 34.2 Å². The monoisotopic (exact) mass is 498 g/mol. The molecule has 0 aliphatic rings. The molecular weight excluding hydrogens is 476 g/mol. The Kier molecular flexibility index (Phi) is 5.95. The number of rotatable bonds is 6. The summed E-state index contributed by atoms with van der Waals surface area (Å²) >= 11 is 0. The number of carbonyl (C=O) groups is 2. The van der Waals surface area contributed by atoms with Gasteiger partial charge in [-0.2, -0.15) is 0 Å². The van der Waals surface area contributed by atoms with Crippen LogP contribution in [-0.2, 0) is 0 Å². The number of anilines is 2. The summed E-state index contributed by atoms with van der Waals surface area (Å²) < 4.78 is 0. The van der Waals surface area contributed by atoms with E-state index in [4.69, 9.17) is 9.97 Å². The Morgan fingerprint density at radius 2 is 0.974 bits per heavy atom. The van der Waals surface area contributed by atoms with Gasteiger partial charge in [0.15, 0.2) is 0 Å². The van der Waals surface area contributed by atoms with Gasteiger partial charge in [0.2, 0.25) is 0 Å². The summed E-state index contributed by atoms with van der Waals surface area (Å²) in [5.74, 6) is -0.691. The van der Waals surface area contributed by atoms with E-state index in [1.54, 1.807) is 48.8 Å². The lowest BCUT2D eigenvalue weighted by Gasteiger charge is -2.15. The first-order valence-corrected chi connectivity index (χ1v) is 12.0. The Labute approximate surface area is 217 Å². The number of nitrogens with zero attached hydrogens (tertiary/aromatic N) is 2. The number of aromatic amines is 2. The van der Waals surface area contributed by atoms with E-state index >= 15 is 0 Å². The molecule has 3 heterocycles. The van der Waals surface area contributed by atoms with Crippen molar-refractivity contribution in [1.29, 1.82) is 0 Å². The van der Waals surface area contributed by atoms with Crippen LogP contribution in [0.2, 0.25) is 0 Å². The van der Waals surface area contributed by atoms with Gasteiger partial charge in [-0.05, 0) is 36.4 Å². The molecule has 0 radical (unpaired) electrons. The second kappa shape index (κ2) is 9.87. The number of aromatic nitrogens is 4. The van der Waals surface area contributed by atoms with Crippen molar-refractivity contribution in [3.8, 4) is 22.5 Å². The van der Waals surface area contributed by atoms with Gasteiger partial charge in [0.25, 0.3) is 11.8 Å². The van der Waals surface area contributed by atoms with Crippen LogP contribution in [0.1, 0.15) is 21.0 Å². The predicted molar refractivity (Wildman–Crippen MR) is 148 cm³/mol. The Morgan fingerprint density at radius 1 is 0.553 bits per heavy atom. The Morgan fingerprint density at radius 3 is 1.34 bits per heavy atom. The zero-order chi connectivity index (χ0) is 25.9. The fourth-order valence-electron chi connectivity index (χ4n) is 4.23. The van der Waals surface area contributed by atoms with Crippen molar-refractivity contribution < 1.29 is 9.59 Å². The van der Waals surface area contributed by atoms with Gasteiger partial charge in [0.1, 0.15) is 11.4 Å². The van der Waals surface area contributed by atoms with Gasteiger partial charge in [-0.25, -0.2) is 9.97 Å². The molecule has 0 aliphatic carbocycles. The molecule has 8 heteroatoms. The molecule has 0 spiro atoms. The minimum atomic E-state index is -0.345. The number of amides is 2. The van der Waals surface area contributed by atoms with E-state index in [0.717, 1.165) is 11.1 Å². The van der Waals surface area contributed by atoms with Crippen LogP contribution in [0.3, 0.4) is 0 Å². The first-order valence-electron chi connectivity index (χ1n) is 12.0. The zero-order valence-electron chi connectivity index (χ0n) is 20.1. The molecular formula is C30H22N6O2. The number of nitrogens with one attached hydrogen (secondary N) is 4. The average molecular weight is 499 g/mol. The molecule has 4 N–H and O–H groups in total. The highest BCUT2D eigenvalue weighted by Crippen LogP contribution is 2.34. The van der Waals surface area contributed by atoms with Gasteiger partial charge in [0.05, 0.1) is 33.8 Å². The van der Waals surface area contributed by atoms with E-state index in [1.807, 2.05) is 60.7 Å². The Balaban J connectivity index is 1.52. The molecule has 0 bridgehead atoms. The van der Waals surface area contributed by atoms with Crippen molar-refractivity contribution in [2.75, 3.05) is 10.6 Å². The maximum absolute atomic E-state index is 12.9. The van der Waals surface area contributed by atoms with Crippen molar-refractivity contribution in [3.05, 3.63) is 121 Å². The smallest absolute Gasteiger partial charge is 0.272 e. The molecule has 8 nitrogen and oxygen atoms in total. The molecule has 0 saturated carbocycles. The summed E-state index contributed by atoms with van der Waals surface area (Å²) in [5, 5.41) is 5.80. The highest BCUT2D eigenvalue weighted by Gasteiger charge is 2.18. The molecule has 184 valence electrons. The average Bonchev–Trinajstić information content (AvgIpc) is 3.69. The van der Waals surface area contributed by atoms with Crippen LogP contribution in [0.4, 0.5) is 11.4 Å². The maximum Gasteiger partial charge on any atom is 0.272 e. The lowest BCUT2D eigenvalue weighted by Crippen LogP contribution is -2.17. The quantitative estimate of drug-likeness (QED) is 0.221. The van der Waals surface area contributed by atoms with Crippen LogP contribution < -0.4 is 10.6 Å². The van der Waals surface area contributed by atoms with Crippen LogP contribution in [0.15, 0.2) is 109 Å². The van der Waals surface area contributed by atoms with E-state index < -0.39 is 0 Å². The lowest BCUT2D eigenvalue weighted by molar-refractivity contribution is 0.101. The Hall–Kier alpha value is -5.50. The fourth-order valence-corrected chi connectivity index (χ4v) is 4.23. The van der Waals surface area contributed by atoms with Crippen molar-refractivity contribution in [1.82, 2.24) is 19.9 Å². The number of benzene rings is 3. The van der Waals surface area contributed by atoms with Crippen LogP contribution in [0.5, 0.6) is 0 Å². The van der Waals surface area contributed by atoms with Crippen LogP contribution in [0, 0.1) is 0 Å². The predicted octanol–water partition coefficient (Wildman–Crippen LogP) is 6.12. The summed E-state index contributed by atoms with van der Waals surface area (Å²) in [4.78, 5) is 41.6. The third-order valence-electron chi connectivity index (χ3n) is 6.08. The third-order valence-corrected chi connectivity index (χ3v) is 6.08. The molecule has 6 aromatic rings. The molecule has 0 fully saturated rings. The molecule has 3 aromatic heterocycles. The summed E-state index contributed by atoms with van der Waals surface area (Å²) in [6.07, 6.45) is 3.35. The number of carbonyl (C=O) groups excluding carboxylic acids is 2. The lowest BCUT2D eigenvalue weighted by atomic mass is 10.0. The molecule has 6 rings (SSSR count). The van der Waals surface area contributed by atoms with Gasteiger partial charge in [-0.15, -0.1) is 0 Å². The molecule has 38 heavy (non-hydrogen) atoms. The van der Waals surface area contributed by atoms with Crippen LogP contribution >= 0.6 is 0 Å². The highest BCUT2D eigenvalue weighted by atomic mass is 16.2. The largest absolute Gasteiger partial charge is 0.357 e. The minimum Gasteiger partial charge on any atom is -0.357 e. The minimum absolute atomic E-state index is 0.345. The molecule has 0 atom stereocenters. The number of hydrogen-bond acceptors (Lipinski definition) is 4. The maximum atomic E-state index is 12.9. The SMILES string of the molecule is O=C(Nc1cc2nc(-c3ccccc3)c(-c3ccccc3)nc2cc1NC(=O)c1ccc[nH]1)c1ccc[nH]1. The van der Waals surface area contributed by atoms with Gasteiger partial charge < -0.3 is 20.6 Å². The van der Waals surface area contributed by atoms with Gasteiger partial charge >= 0.3 is 0 Å². The number of fused-ring (bicyclic) bond motifs is 1. The first kappa shape index (κ1) is 22.9. The number of hydrogen-bond donors (Lipinski definition) is 4. The second-order valence-electron chi connectivity index (χ2n) is 8.62. The van der Waals surface area contributed by atoms with Crippen LogP contribution in [-0.4, -0.2) is 31.8 Å². The fraction of sp³-hybridized carbons (Fsp3) is 0. The van der Waals surface area contributed by atoms with Gasteiger partial charge in [-0.3, -0.25) is 9.59 Å². The standard InChI is InChI=1S/C30H22N6O2/c37-29(21-13-7-15-31-21)35-25-17-23-24(18-26(25)36-30(38)22-14-8-16-32-22)34-28(20-11-5-2-6-12-20)27(33-23)19-9-3-1-4-10-19/h1-18,31-32H,(H,35,37)(H,36,38). The number of H-pyrrole nitrogens is 2. The summed E-state index contributed by atoms with van der Waals surface area (Å²) in [7, 11) is 0. The topological polar surface area (TPSA) is 116 Å². The Bertz CT molecular complexity index is 1600. The van der Waals surface area contributed by atoms with E-state index in [9.17, 15) is 9.59 Å². The van der Waals surface area contributed by atoms with Crippen molar-refractivity contribution in [2.24, 2.45) is 0 Å². The zero-order valence-corrected chi connectivity index (χ0v) is 20.1. The highest BCUT2D eigenvalue weighted by molar-refractivity contribution is 6.10. The molecule has 2 amide bonds. The normalized spacial score (nSPS) is 10.8. The van der Waals surface area contributed by atoms with E-state index in [1.165, 1.54) is 0 Å². The molecule has 3 aromatic carbocycles. The van der Waals surface area contributed by atoms with E-state index in [0.29, 0.717) is 45.2 Å². The van der Waals surface area contributed by atoms with Crippen molar-refractivity contribution in [2.45, 2.75) is 0 Å². The van der Waals surface area contributed by atoms with E-state index in [2.05, 4.69) is 20.6 Å². The summed E-state index contributed by atoms with van der Waals surface area (Å²) in [6.45, 7) is 0. The first-order chi connectivity index (χ1) is 18.7. The molecule has 0 aliphatic heterocycles. The van der Waals surface area contributed by atoms with E-state index in [-0.39, 0.29) is 11.8 Å². The second-order valence-corrected chi connectivity index (χ2v) is 8.62. The van der Waals surface area contributed by atoms with Gasteiger partial charge in [0, 0.05) is 23.5 Å². The summed E-state index contributed by atoms with van der Waals surface area (Å²) in [6, 6.07) is 30.0. The van der Waals surface area contributed by atoms with Gasteiger partial charge in [-0.1, -0.05) is 60.7 Å². The molecule has 0 saturated heterocycles. The third kappa shape index (κ3) is 4.54. The van der Waals surface area contributed by atoms with Crippen LogP contribution in [0.25, 0.3) is 33.5 Å². The molecule has 0 unspecified atom stereocenters. The summed E-state index contributed by atoms with van der Waals surface area (Å²) in [5.41, 5.74) is 6.00. The van der Waals surface area contributed by atoms with Crippen molar-refractivity contribution in [3.63, 3.8) is 0 Å².